The highest BCUT2D eigenvalue weighted by atomic mass is 35.5. The zero-order valence-corrected chi connectivity index (χ0v) is 10.2. The molecular formula is C11H11ClN6. The number of nitrogens with two attached hydrogens (primary N) is 1. The Bertz CT molecular complexity index is 672. The number of anilines is 1. The summed E-state index contributed by atoms with van der Waals surface area (Å²) in [7, 11) is 0. The molecule has 0 spiro atoms. The molecule has 0 unspecified atom stereocenters. The maximum atomic E-state index is 5.88. The second-order valence-electron chi connectivity index (χ2n) is 3.89. The third-order valence-corrected chi connectivity index (χ3v) is 2.90. The van der Waals surface area contributed by atoms with E-state index in [9.17, 15) is 0 Å². The lowest BCUT2D eigenvalue weighted by atomic mass is 10.4. The summed E-state index contributed by atoms with van der Waals surface area (Å²) in [6.45, 7) is 1.38. The third kappa shape index (κ3) is 1.91. The van der Waals surface area contributed by atoms with E-state index in [1.807, 2.05) is 21.5 Å². The molecule has 0 radical (unpaired) electrons. The fraction of sp³-hybridized carbons (Fsp3) is 0.182. The minimum Gasteiger partial charge on any atom is -0.369 e. The summed E-state index contributed by atoms with van der Waals surface area (Å²) in [5.41, 5.74) is 7.33. The molecule has 0 aliphatic rings. The molecule has 0 saturated carbocycles. The van der Waals surface area contributed by atoms with Gasteiger partial charge in [-0.1, -0.05) is 11.6 Å². The topological polar surface area (TPSA) is 74.5 Å². The van der Waals surface area contributed by atoms with Gasteiger partial charge in [0.15, 0.2) is 5.65 Å². The van der Waals surface area contributed by atoms with E-state index in [4.69, 9.17) is 17.3 Å². The van der Waals surface area contributed by atoms with Crippen LogP contribution in [0.2, 0.25) is 5.02 Å². The lowest BCUT2D eigenvalue weighted by Crippen LogP contribution is -2.10. The van der Waals surface area contributed by atoms with Crippen LogP contribution >= 0.6 is 11.6 Å². The number of hydrogen-bond acceptors (Lipinski definition) is 4. The summed E-state index contributed by atoms with van der Waals surface area (Å²) < 4.78 is 3.69. The van der Waals surface area contributed by atoms with Gasteiger partial charge in [-0.05, 0) is 12.1 Å². The number of nitrogens with zero attached hydrogens (tertiary/aromatic N) is 5. The lowest BCUT2D eigenvalue weighted by molar-refractivity contribution is 0.543. The molecule has 18 heavy (non-hydrogen) atoms. The van der Waals surface area contributed by atoms with Crippen LogP contribution in [0.3, 0.4) is 0 Å². The SMILES string of the molecule is Nc1nc2cc(Cl)cnc2n1CCn1cccn1. The molecule has 0 saturated heterocycles. The Balaban J connectivity index is 1.93. The van der Waals surface area contributed by atoms with Crippen molar-refractivity contribution in [3.63, 3.8) is 0 Å². The van der Waals surface area contributed by atoms with Crippen molar-refractivity contribution in [2.24, 2.45) is 0 Å². The van der Waals surface area contributed by atoms with Gasteiger partial charge in [-0.3, -0.25) is 9.25 Å². The van der Waals surface area contributed by atoms with Gasteiger partial charge in [0.25, 0.3) is 0 Å². The first-order valence-electron chi connectivity index (χ1n) is 5.49. The van der Waals surface area contributed by atoms with Crippen molar-refractivity contribution in [2.45, 2.75) is 13.1 Å². The number of aromatic nitrogens is 5. The molecule has 92 valence electrons. The Kier molecular flexibility index (Phi) is 2.64. The van der Waals surface area contributed by atoms with E-state index in [2.05, 4.69) is 15.1 Å². The smallest absolute Gasteiger partial charge is 0.202 e. The van der Waals surface area contributed by atoms with Crippen molar-refractivity contribution in [3.05, 3.63) is 35.7 Å². The summed E-state index contributed by atoms with van der Waals surface area (Å²) in [5, 5.41) is 4.69. The molecule has 3 heterocycles. The van der Waals surface area contributed by atoms with Gasteiger partial charge in [0.05, 0.1) is 11.6 Å². The van der Waals surface area contributed by atoms with E-state index >= 15 is 0 Å². The molecule has 0 amide bonds. The summed E-state index contributed by atoms with van der Waals surface area (Å²) in [6.07, 6.45) is 5.24. The van der Waals surface area contributed by atoms with Gasteiger partial charge >= 0.3 is 0 Å². The lowest BCUT2D eigenvalue weighted by Gasteiger charge is -2.05. The van der Waals surface area contributed by atoms with E-state index in [1.165, 1.54) is 0 Å². The predicted molar refractivity (Wildman–Crippen MR) is 69.2 cm³/mol. The number of hydrogen-bond donors (Lipinski definition) is 1. The molecule has 3 aromatic rings. The highest BCUT2D eigenvalue weighted by Crippen LogP contribution is 2.19. The zero-order chi connectivity index (χ0) is 12.5. The van der Waals surface area contributed by atoms with Gasteiger partial charge in [0.1, 0.15) is 5.52 Å². The Morgan fingerprint density at radius 3 is 3.00 bits per heavy atom. The molecule has 7 heteroatoms. The van der Waals surface area contributed by atoms with Crippen LogP contribution in [0.25, 0.3) is 11.2 Å². The van der Waals surface area contributed by atoms with Crippen molar-refractivity contribution in [3.8, 4) is 0 Å². The number of fused-ring (bicyclic) bond motifs is 1. The first-order chi connectivity index (χ1) is 8.74. The molecule has 0 fully saturated rings. The van der Waals surface area contributed by atoms with Gasteiger partial charge in [0.2, 0.25) is 5.95 Å². The number of imidazole rings is 1. The maximum absolute atomic E-state index is 5.88. The highest BCUT2D eigenvalue weighted by Gasteiger charge is 2.09. The van der Waals surface area contributed by atoms with Crippen LogP contribution in [0, 0.1) is 0 Å². The monoisotopic (exact) mass is 262 g/mol. The van der Waals surface area contributed by atoms with Crippen LogP contribution in [0.4, 0.5) is 5.95 Å². The molecule has 3 rings (SSSR count). The second-order valence-corrected chi connectivity index (χ2v) is 4.32. The molecule has 3 aromatic heterocycles. The number of rotatable bonds is 3. The van der Waals surface area contributed by atoms with Crippen molar-refractivity contribution in [1.29, 1.82) is 0 Å². The van der Waals surface area contributed by atoms with Crippen molar-refractivity contribution in [1.82, 2.24) is 24.3 Å². The highest BCUT2D eigenvalue weighted by molar-refractivity contribution is 6.31. The summed E-state index contributed by atoms with van der Waals surface area (Å²) in [6, 6.07) is 3.64. The minimum absolute atomic E-state index is 0.437. The van der Waals surface area contributed by atoms with Gasteiger partial charge in [-0.15, -0.1) is 0 Å². The Morgan fingerprint density at radius 1 is 1.33 bits per heavy atom. The number of halogens is 1. The van der Waals surface area contributed by atoms with E-state index < -0.39 is 0 Å². The van der Waals surface area contributed by atoms with E-state index in [0.717, 1.165) is 5.65 Å². The largest absolute Gasteiger partial charge is 0.369 e. The molecule has 0 aliphatic heterocycles. The molecule has 6 nitrogen and oxygen atoms in total. The normalized spacial score (nSPS) is 11.2. The van der Waals surface area contributed by atoms with E-state index in [0.29, 0.717) is 29.6 Å². The van der Waals surface area contributed by atoms with Gasteiger partial charge in [0, 0.05) is 25.1 Å². The van der Waals surface area contributed by atoms with E-state index in [1.54, 1.807) is 18.5 Å². The van der Waals surface area contributed by atoms with Crippen LogP contribution in [-0.2, 0) is 13.1 Å². The number of pyridine rings is 1. The molecule has 0 bridgehead atoms. The predicted octanol–water partition coefficient (Wildman–Crippen LogP) is 1.56. The van der Waals surface area contributed by atoms with E-state index in [-0.39, 0.29) is 0 Å². The minimum atomic E-state index is 0.437. The molecule has 2 N–H and O–H groups in total. The van der Waals surface area contributed by atoms with Crippen molar-refractivity contribution >= 4 is 28.7 Å². The fourth-order valence-corrected chi connectivity index (χ4v) is 2.01. The van der Waals surface area contributed by atoms with Crippen molar-refractivity contribution < 1.29 is 0 Å². The molecular weight excluding hydrogens is 252 g/mol. The van der Waals surface area contributed by atoms with Gasteiger partial charge in [-0.25, -0.2) is 9.97 Å². The van der Waals surface area contributed by atoms with Gasteiger partial charge in [-0.2, -0.15) is 5.10 Å². The average Bonchev–Trinajstić information content (AvgIpc) is 2.93. The number of nitrogen functional groups attached to an aromatic ring is 1. The fourth-order valence-electron chi connectivity index (χ4n) is 1.86. The summed E-state index contributed by atoms with van der Waals surface area (Å²) in [4.78, 5) is 8.50. The zero-order valence-electron chi connectivity index (χ0n) is 9.49. The third-order valence-electron chi connectivity index (χ3n) is 2.69. The molecule has 0 aromatic carbocycles. The van der Waals surface area contributed by atoms with Crippen molar-refractivity contribution in [2.75, 3.05) is 5.73 Å². The Hall–Kier alpha value is -2.08. The quantitative estimate of drug-likeness (QED) is 0.777. The summed E-state index contributed by atoms with van der Waals surface area (Å²) in [5.74, 6) is 0.437. The van der Waals surface area contributed by atoms with Crippen LogP contribution in [0.15, 0.2) is 30.7 Å². The standard InChI is InChI=1S/C11H11ClN6/c12-8-6-9-10(14-7-8)18(11(13)16-9)5-4-17-3-1-2-15-17/h1-3,6-7H,4-5H2,(H2,13,16). The first-order valence-corrected chi connectivity index (χ1v) is 5.86. The summed E-state index contributed by atoms with van der Waals surface area (Å²) >= 11 is 5.87. The number of aryl methyl sites for hydroxylation is 2. The first kappa shape index (κ1) is 11.0. The van der Waals surface area contributed by atoms with Crippen LogP contribution < -0.4 is 5.73 Å². The van der Waals surface area contributed by atoms with Crippen LogP contribution in [0.1, 0.15) is 0 Å². The average molecular weight is 263 g/mol. The maximum Gasteiger partial charge on any atom is 0.202 e. The Morgan fingerprint density at radius 2 is 2.22 bits per heavy atom. The van der Waals surface area contributed by atoms with Crippen LogP contribution in [0.5, 0.6) is 0 Å². The van der Waals surface area contributed by atoms with Gasteiger partial charge < -0.3 is 5.73 Å². The Labute approximate surface area is 108 Å². The second kappa shape index (κ2) is 4.30. The molecule has 0 atom stereocenters. The van der Waals surface area contributed by atoms with Crippen LogP contribution in [-0.4, -0.2) is 24.3 Å². The molecule has 0 aliphatic carbocycles.